The Morgan fingerprint density at radius 1 is 1.10 bits per heavy atom. The first-order valence-electron chi connectivity index (χ1n) is 8.96. The molecule has 0 saturated heterocycles. The third-order valence-electron chi connectivity index (χ3n) is 3.79. The Hall–Kier alpha value is -2.72. The van der Waals surface area contributed by atoms with Crippen molar-refractivity contribution in [2.45, 2.75) is 44.4 Å². The number of benzene rings is 2. The zero-order valence-electron chi connectivity index (χ0n) is 17.0. The molecule has 0 aromatic heterocycles. The molecule has 0 fully saturated rings. The molecule has 0 aliphatic rings. The van der Waals surface area contributed by atoms with Crippen LogP contribution in [0.5, 0.6) is 11.5 Å². The summed E-state index contributed by atoms with van der Waals surface area (Å²) in [6.45, 7) is 1.83. The second-order valence-electron chi connectivity index (χ2n) is 7.36. The molecule has 0 radical (unpaired) electrons. The average Bonchev–Trinajstić information content (AvgIpc) is 2.64. The van der Waals surface area contributed by atoms with E-state index >= 15 is 0 Å². The number of methoxy groups -OCH3 is 1. The van der Waals surface area contributed by atoms with Gasteiger partial charge in [0.1, 0.15) is 0 Å². The largest absolute Gasteiger partial charge is 0.493 e. The molecule has 30 heavy (non-hydrogen) atoms. The molecule has 0 bridgehead atoms. The summed E-state index contributed by atoms with van der Waals surface area (Å²) in [5.41, 5.74) is -0.526. The Morgan fingerprint density at radius 3 is 2.37 bits per heavy atom. The van der Waals surface area contributed by atoms with Gasteiger partial charge in [0.2, 0.25) is 10.0 Å². The maximum atomic E-state index is 12.8. The molecular formula is C20H24F2N2O5S. The standard InChI is InChI=1S/C20H24F2N2O5S/c1-20(2,3)24-30(26,27)16-11-6-5-8-13(16)12-23-18(25)14-9-7-10-15(28-4)17(14)29-19(21)22/h5-11,19,24H,12H2,1-4H3,(H,23,25). The van der Waals surface area contributed by atoms with Gasteiger partial charge in [0.15, 0.2) is 11.5 Å². The maximum absolute atomic E-state index is 12.8. The Morgan fingerprint density at radius 2 is 1.77 bits per heavy atom. The third-order valence-corrected chi connectivity index (χ3v) is 5.65. The molecule has 10 heteroatoms. The minimum Gasteiger partial charge on any atom is -0.493 e. The highest BCUT2D eigenvalue weighted by atomic mass is 32.2. The summed E-state index contributed by atoms with van der Waals surface area (Å²) >= 11 is 0. The number of nitrogens with one attached hydrogen (secondary N) is 2. The minimum atomic E-state index is -3.84. The Labute approximate surface area is 174 Å². The van der Waals surface area contributed by atoms with E-state index in [-0.39, 0.29) is 22.8 Å². The fourth-order valence-corrected chi connectivity index (χ4v) is 4.37. The van der Waals surface area contributed by atoms with Crippen LogP contribution in [0.4, 0.5) is 8.78 Å². The zero-order chi connectivity index (χ0) is 22.5. The van der Waals surface area contributed by atoms with Gasteiger partial charge in [-0.1, -0.05) is 24.3 Å². The molecule has 0 heterocycles. The van der Waals surface area contributed by atoms with Crippen molar-refractivity contribution in [3.8, 4) is 11.5 Å². The molecule has 2 aromatic rings. The summed E-state index contributed by atoms with van der Waals surface area (Å²) in [7, 11) is -2.58. The van der Waals surface area contributed by atoms with Crippen LogP contribution in [0, 0.1) is 0 Å². The highest BCUT2D eigenvalue weighted by Gasteiger charge is 2.25. The fraction of sp³-hybridized carbons (Fsp3) is 0.350. The summed E-state index contributed by atoms with van der Waals surface area (Å²) in [5.74, 6) is -1.15. The van der Waals surface area contributed by atoms with E-state index in [1.807, 2.05) is 0 Å². The van der Waals surface area contributed by atoms with Gasteiger partial charge in [-0.05, 0) is 44.5 Å². The molecule has 164 valence electrons. The first kappa shape index (κ1) is 23.6. The van der Waals surface area contributed by atoms with E-state index in [1.54, 1.807) is 39.0 Å². The van der Waals surface area contributed by atoms with E-state index in [4.69, 9.17) is 4.74 Å². The van der Waals surface area contributed by atoms with Crippen LogP contribution in [0.15, 0.2) is 47.4 Å². The summed E-state index contributed by atoms with van der Waals surface area (Å²) in [6.07, 6.45) is 0. The Bertz CT molecular complexity index is 1000. The normalized spacial score (nSPS) is 12.0. The van der Waals surface area contributed by atoms with Gasteiger partial charge in [0.25, 0.3) is 5.91 Å². The molecule has 2 rings (SSSR count). The van der Waals surface area contributed by atoms with Gasteiger partial charge in [-0.25, -0.2) is 13.1 Å². The lowest BCUT2D eigenvalue weighted by Gasteiger charge is -2.21. The predicted molar refractivity (Wildman–Crippen MR) is 107 cm³/mol. The van der Waals surface area contributed by atoms with Crippen LogP contribution < -0.4 is 19.5 Å². The van der Waals surface area contributed by atoms with E-state index in [1.165, 1.54) is 31.4 Å². The molecule has 0 aliphatic heterocycles. The molecular weight excluding hydrogens is 418 g/mol. The van der Waals surface area contributed by atoms with Gasteiger partial charge in [-0.2, -0.15) is 8.78 Å². The van der Waals surface area contributed by atoms with Crippen LogP contribution in [0.25, 0.3) is 0 Å². The van der Waals surface area contributed by atoms with Gasteiger partial charge in [0, 0.05) is 12.1 Å². The van der Waals surface area contributed by atoms with Gasteiger partial charge >= 0.3 is 6.61 Å². The topological polar surface area (TPSA) is 93.7 Å². The van der Waals surface area contributed by atoms with Crippen molar-refractivity contribution in [3.63, 3.8) is 0 Å². The number of carbonyl (C=O) groups is 1. The van der Waals surface area contributed by atoms with E-state index in [9.17, 15) is 22.0 Å². The lowest BCUT2D eigenvalue weighted by molar-refractivity contribution is -0.0515. The minimum absolute atomic E-state index is 0.00919. The predicted octanol–water partition coefficient (Wildman–Crippen LogP) is 3.30. The van der Waals surface area contributed by atoms with Crippen LogP contribution in [0.3, 0.4) is 0 Å². The van der Waals surface area contributed by atoms with Crippen molar-refractivity contribution in [1.29, 1.82) is 0 Å². The second kappa shape index (κ2) is 9.40. The van der Waals surface area contributed by atoms with Gasteiger partial charge in [-0.15, -0.1) is 0 Å². The number of halogens is 2. The van der Waals surface area contributed by atoms with Crippen molar-refractivity contribution in [2.75, 3.05) is 7.11 Å². The number of alkyl halides is 2. The summed E-state index contributed by atoms with van der Waals surface area (Å²) in [6, 6.07) is 10.3. The molecule has 0 unspecified atom stereocenters. The molecule has 0 saturated carbocycles. The quantitative estimate of drug-likeness (QED) is 0.654. The van der Waals surface area contributed by atoms with E-state index in [2.05, 4.69) is 14.8 Å². The molecule has 2 N–H and O–H groups in total. The van der Waals surface area contributed by atoms with Crippen molar-refractivity contribution >= 4 is 15.9 Å². The van der Waals surface area contributed by atoms with E-state index in [0.29, 0.717) is 5.56 Å². The van der Waals surface area contributed by atoms with Crippen molar-refractivity contribution in [3.05, 3.63) is 53.6 Å². The number of para-hydroxylation sites is 1. The van der Waals surface area contributed by atoms with Gasteiger partial charge in [0.05, 0.1) is 17.6 Å². The van der Waals surface area contributed by atoms with Crippen LogP contribution in [0.2, 0.25) is 0 Å². The number of rotatable bonds is 8. The first-order valence-corrected chi connectivity index (χ1v) is 10.4. The number of hydrogen-bond donors (Lipinski definition) is 2. The number of sulfonamides is 1. The summed E-state index contributed by atoms with van der Waals surface area (Å²) in [4.78, 5) is 12.6. The van der Waals surface area contributed by atoms with E-state index in [0.717, 1.165) is 0 Å². The molecule has 7 nitrogen and oxygen atoms in total. The van der Waals surface area contributed by atoms with Gasteiger partial charge < -0.3 is 14.8 Å². The van der Waals surface area contributed by atoms with Crippen LogP contribution in [-0.4, -0.2) is 33.6 Å². The molecule has 0 spiro atoms. The van der Waals surface area contributed by atoms with Crippen molar-refractivity contribution in [1.82, 2.24) is 10.0 Å². The smallest absolute Gasteiger partial charge is 0.387 e. The first-order chi connectivity index (χ1) is 13.9. The monoisotopic (exact) mass is 442 g/mol. The van der Waals surface area contributed by atoms with Crippen molar-refractivity contribution < 1.29 is 31.5 Å². The van der Waals surface area contributed by atoms with Crippen molar-refractivity contribution in [2.24, 2.45) is 0 Å². The highest BCUT2D eigenvalue weighted by Crippen LogP contribution is 2.32. The summed E-state index contributed by atoms with van der Waals surface area (Å²) < 4.78 is 62.9. The fourth-order valence-electron chi connectivity index (χ4n) is 2.71. The van der Waals surface area contributed by atoms with Crippen LogP contribution >= 0.6 is 0 Å². The SMILES string of the molecule is COc1cccc(C(=O)NCc2ccccc2S(=O)(=O)NC(C)(C)C)c1OC(F)F. The summed E-state index contributed by atoms with van der Waals surface area (Å²) in [5, 5.41) is 2.54. The average molecular weight is 442 g/mol. The number of ether oxygens (including phenoxy) is 2. The number of carbonyl (C=O) groups excluding carboxylic acids is 1. The molecule has 2 aromatic carbocycles. The van der Waals surface area contributed by atoms with Gasteiger partial charge in [-0.3, -0.25) is 4.79 Å². The lowest BCUT2D eigenvalue weighted by Crippen LogP contribution is -2.41. The molecule has 0 aliphatic carbocycles. The molecule has 0 atom stereocenters. The Balaban J connectivity index is 2.29. The second-order valence-corrected chi connectivity index (χ2v) is 9.01. The number of hydrogen-bond acceptors (Lipinski definition) is 5. The lowest BCUT2D eigenvalue weighted by atomic mass is 10.1. The van der Waals surface area contributed by atoms with E-state index < -0.39 is 33.8 Å². The highest BCUT2D eigenvalue weighted by molar-refractivity contribution is 7.89. The van der Waals surface area contributed by atoms with Crippen LogP contribution in [-0.2, 0) is 16.6 Å². The third kappa shape index (κ3) is 6.14. The maximum Gasteiger partial charge on any atom is 0.387 e. The zero-order valence-corrected chi connectivity index (χ0v) is 17.8. The number of amides is 1. The van der Waals surface area contributed by atoms with Crippen LogP contribution in [0.1, 0.15) is 36.7 Å². The Kier molecular flexibility index (Phi) is 7.38. The molecule has 1 amide bonds.